The molecule has 0 unspecified atom stereocenters. The molecule has 0 radical (unpaired) electrons. The highest BCUT2D eigenvalue weighted by atomic mass is 32.2. The number of halogens is 6. The van der Waals surface area contributed by atoms with E-state index in [1.54, 1.807) is 0 Å². The third kappa shape index (κ3) is 5.98. The number of hydrogen-bond acceptors (Lipinski definition) is 6. The van der Waals surface area contributed by atoms with E-state index in [1.165, 1.54) is 6.07 Å². The van der Waals surface area contributed by atoms with E-state index in [2.05, 4.69) is 24.7 Å². The van der Waals surface area contributed by atoms with Crippen LogP contribution in [0, 0.1) is 0 Å². The Morgan fingerprint density at radius 1 is 0.972 bits per heavy atom. The van der Waals surface area contributed by atoms with Crippen LogP contribution < -0.4 is 14.8 Å². The number of H-pyrrole nitrogens is 1. The zero-order chi connectivity index (χ0) is 26.3. The van der Waals surface area contributed by atoms with Crippen LogP contribution in [0.25, 0.3) is 10.9 Å². The van der Waals surface area contributed by atoms with Gasteiger partial charge in [-0.1, -0.05) is 0 Å². The number of anilines is 1. The lowest BCUT2D eigenvalue weighted by Gasteiger charge is -2.30. The second-order valence-electron chi connectivity index (χ2n) is 8.34. The summed E-state index contributed by atoms with van der Waals surface area (Å²) in [6.45, 7) is 1.39. The first-order valence-corrected chi connectivity index (χ1v) is 12.2. The van der Waals surface area contributed by atoms with Gasteiger partial charge in [-0.3, -0.25) is 0 Å². The van der Waals surface area contributed by atoms with Crippen LogP contribution in [0.2, 0.25) is 0 Å². The van der Waals surface area contributed by atoms with Gasteiger partial charge in [-0.25, -0.2) is 8.42 Å². The molecular weight excluding hydrogens is 516 g/mol. The Bertz CT molecular complexity index is 1350. The summed E-state index contributed by atoms with van der Waals surface area (Å²) in [7, 11) is -2.46. The van der Waals surface area contributed by atoms with E-state index >= 15 is 0 Å². The molecule has 196 valence electrons. The zero-order valence-corrected chi connectivity index (χ0v) is 19.5. The van der Waals surface area contributed by atoms with Crippen LogP contribution in [0.15, 0.2) is 52.4 Å². The van der Waals surface area contributed by atoms with E-state index in [4.69, 9.17) is 0 Å². The van der Waals surface area contributed by atoms with Crippen LogP contribution in [0.5, 0.6) is 11.5 Å². The summed E-state index contributed by atoms with van der Waals surface area (Å²) >= 11 is 0. The molecule has 1 aromatic heterocycles. The summed E-state index contributed by atoms with van der Waals surface area (Å²) in [6, 6.07) is 5.83. The molecule has 1 aliphatic rings. The molecule has 1 aliphatic heterocycles. The fourth-order valence-corrected chi connectivity index (χ4v) is 5.44. The number of benzene rings is 2. The highest BCUT2D eigenvalue weighted by Crippen LogP contribution is 2.37. The van der Waals surface area contributed by atoms with E-state index < -0.39 is 34.1 Å². The van der Waals surface area contributed by atoms with Gasteiger partial charge in [0.15, 0.2) is 5.75 Å². The smallest absolute Gasteiger partial charge is 0.406 e. The fourth-order valence-electron chi connectivity index (χ4n) is 4.00. The van der Waals surface area contributed by atoms with Crippen molar-refractivity contribution in [3.63, 3.8) is 0 Å². The van der Waals surface area contributed by atoms with Gasteiger partial charge in [0.25, 0.3) is 0 Å². The quantitative estimate of drug-likeness (QED) is 0.415. The SMILES string of the molecule is CN1CCC(Nc2cc(S(=O)(=O)c3c[nH]c4ccc(OC(F)(F)F)cc34)ccc2OC(F)(F)F)CC1. The minimum atomic E-state index is -5.00. The maximum Gasteiger partial charge on any atom is 0.573 e. The minimum Gasteiger partial charge on any atom is -0.406 e. The van der Waals surface area contributed by atoms with E-state index in [1.807, 2.05) is 7.05 Å². The van der Waals surface area contributed by atoms with Crippen molar-refractivity contribution in [3.8, 4) is 11.5 Å². The third-order valence-electron chi connectivity index (χ3n) is 5.70. The molecule has 0 spiro atoms. The molecule has 3 aromatic rings. The van der Waals surface area contributed by atoms with Crippen molar-refractivity contribution >= 4 is 26.4 Å². The molecule has 0 aliphatic carbocycles. The van der Waals surface area contributed by atoms with E-state index in [0.29, 0.717) is 25.9 Å². The number of rotatable bonds is 6. The Morgan fingerprint density at radius 3 is 2.28 bits per heavy atom. The number of sulfone groups is 1. The Labute approximate surface area is 201 Å². The van der Waals surface area contributed by atoms with Crippen molar-refractivity contribution in [2.75, 3.05) is 25.5 Å². The second-order valence-corrected chi connectivity index (χ2v) is 10.3. The first-order chi connectivity index (χ1) is 16.7. The molecule has 4 rings (SSSR count). The summed E-state index contributed by atoms with van der Waals surface area (Å²) in [5.41, 5.74) is 0.0636. The van der Waals surface area contributed by atoms with Crippen LogP contribution in [-0.2, 0) is 9.84 Å². The lowest BCUT2D eigenvalue weighted by atomic mass is 10.1. The first-order valence-electron chi connectivity index (χ1n) is 10.7. The van der Waals surface area contributed by atoms with Crippen molar-refractivity contribution in [1.82, 2.24) is 9.88 Å². The number of aromatic amines is 1. The van der Waals surface area contributed by atoms with Gasteiger partial charge in [0.1, 0.15) is 5.75 Å². The van der Waals surface area contributed by atoms with E-state index in [9.17, 15) is 34.8 Å². The molecule has 0 saturated carbocycles. The van der Waals surface area contributed by atoms with Crippen molar-refractivity contribution in [1.29, 1.82) is 0 Å². The van der Waals surface area contributed by atoms with Gasteiger partial charge >= 0.3 is 12.7 Å². The molecule has 1 saturated heterocycles. The molecule has 36 heavy (non-hydrogen) atoms. The largest absolute Gasteiger partial charge is 0.573 e. The number of piperidine rings is 1. The Morgan fingerprint density at radius 2 is 1.64 bits per heavy atom. The molecule has 7 nitrogen and oxygen atoms in total. The molecule has 2 heterocycles. The Kier molecular flexibility index (Phi) is 6.77. The van der Waals surface area contributed by atoms with Crippen molar-refractivity contribution in [3.05, 3.63) is 42.6 Å². The molecule has 0 bridgehead atoms. The maximum atomic E-state index is 13.4. The number of nitrogens with zero attached hydrogens (tertiary/aromatic N) is 1. The maximum absolute atomic E-state index is 13.4. The average Bonchev–Trinajstić information content (AvgIpc) is 3.18. The van der Waals surface area contributed by atoms with Gasteiger partial charge < -0.3 is 24.7 Å². The van der Waals surface area contributed by atoms with Gasteiger partial charge in [-0.2, -0.15) is 0 Å². The number of nitrogens with one attached hydrogen (secondary N) is 2. The molecular formula is C22H21F6N3O4S. The zero-order valence-electron chi connectivity index (χ0n) is 18.7. The van der Waals surface area contributed by atoms with Crippen LogP contribution in [-0.4, -0.2) is 57.2 Å². The highest BCUT2D eigenvalue weighted by Gasteiger charge is 2.34. The molecule has 0 atom stereocenters. The molecule has 14 heteroatoms. The standard InChI is InChI=1S/C22H21F6N3O4S/c1-31-8-6-13(7-9-31)30-18-11-15(3-5-19(18)35-22(26,27)28)36(32,33)20-12-29-17-4-2-14(10-16(17)20)34-21(23,24)25/h2-5,10-13,29-30H,6-9H2,1H3. The fraction of sp³-hybridized carbons (Fsp3) is 0.364. The molecule has 2 aromatic carbocycles. The number of likely N-dealkylation sites (tertiary alicyclic amines) is 1. The van der Waals surface area contributed by atoms with E-state index in [-0.39, 0.29) is 32.4 Å². The van der Waals surface area contributed by atoms with Crippen LogP contribution >= 0.6 is 0 Å². The van der Waals surface area contributed by atoms with Crippen molar-refractivity contribution < 1.29 is 44.2 Å². The second kappa shape index (κ2) is 9.39. The van der Waals surface area contributed by atoms with Gasteiger partial charge in [0.05, 0.1) is 15.5 Å². The molecule has 0 amide bonds. The number of fused-ring (bicyclic) bond motifs is 1. The van der Waals surface area contributed by atoms with Crippen LogP contribution in [0.3, 0.4) is 0 Å². The lowest BCUT2D eigenvalue weighted by Crippen LogP contribution is -2.36. The van der Waals surface area contributed by atoms with Crippen LogP contribution in [0.1, 0.15) is 12.8 Å². The monoisotopic (exact) mass is 537 g/mol. The summed E-state index contributed by atoms with van der Waals surface area (Å²) < 4.78 is 112. The van der Waals surface area contributed by atoms with Gasteiger partial charge in [0, 0.05) is 23.1 Å². The van der Waals surface area contributed by atoms with Gasteiger partial charge in [-0.15, -0.1) is 26.3 Å². The number of ether oxygens (including phenoxy) is 2. The van der Waals surface area contributed by atoms with Crippen molar-refractivity contribution in [2.24, 2.45) is 0 Å². The summed E-state index contributed by atoms with van der Waals surface area (Å²) in [4.78, 5) is 4.00. The average molecular weight is 537 g/mol. The topological polar surface area (TPSA) is 83.7 Å². The minimum absolute atomic E-state index is 0.0720. The normalized spacial score (nSPS) is 16.3. The summed E-state index contributed by atoms with van der Waals surface area (Å²) in [5.74, 6) is -1.22. The van der Waals surface area contributed by atoms with Crippen molar-refractivity contribution in [2.45, 2.75) is 41.4 Å². The molecule has 2 N–H and O–H groups in total. The van der Waals surface area contributed by atoms with E-state index in [0.717, 1.165) is 36.5 Å². The highest BCUT2D eigenvalue weighted by molar-refractivity contribution is 7.91. The third-order valence-corrected chi connectivity index (χ3v) is 7.49. The number of aromatic nitrogens is 1. The summed E-state index contributed by atoms with van der Waals surface area (Å²) in [5, 5.41) is 2.88. The molecule has 1 fully saturated rings. The Hall–Kier alpha value is -3.13. The first kappa shape index (κ1) is 25.9. The lowest BCUT2D eigenvalue weighted by molar-refractivity contribution is -0.275. The Balaban J connectivity index is 1.73. The van der Waals surface area contributed by atoms with Gasteiger partial charge in [-0.05, 0) is 69.4 Å². The predicted octanol–water partition coefficient (Wildman–Crippen LogP) is 5.30. The van der Waals surface area contributed by atoms with Crippen LogP contribution in [0.4, 0.5) is 32.0 Å². The summed E-state index contributed by atoms with van der Waals surface area (Å²) in [6.07, 6.45) is -7.66. The van der Waals surface area contributed by atoms with Gasteiger partial charge in [0.2, 0.25) is 9.84 Å². The number of hydrogen-bond donors (Lipinski definition) is 2. The predicted molar refractivity (Wildman–Crippen MR) is 118 cm³/mol. The number of alkyl halides is 6.